The van der Waals surface area contributed by atoms with Crippen LogP contribution in [-0.2, 0) is 13.1 Å². The van der Waals surface area contributed by atoms with Gasteiger partial charge >= 0.3 is 0 Å². The molecule has 0 atom stereocenters. The van der Waals surface area contributed by atoms with Gasteiger partial charge in [0.05, 0.1) is 0 Å². The van der Waals surface area contributed by atoms with Crippen molar-refractivity contribution in [1.29, 1.82) is 0 Å². The van der Waals surface area contributed by atoms with E-state index in [4.69, 9.17) is 0 Å². The van der Waals surface area contributed by atoms with Gasteiger partial charge < -0.3 is 26.2 Å². The Hall–Kier alpha value is -2.08. The second-order valence-electron chi connectivity index (χ2n) is 5.71. The van der Waals surface area contributed by atoms with Crippen LogP contribution in [0.3, 0.4) is 0 Å². The molecule has 0 fully saturated rings. The zero-order valence-corrected chi connectivity index (χ0v) is 14.0. The van der Waals surface area contributed by atoms with Crippen LogP contribution >= 0.6 is 0 Å². The maximum atomic E-state index is 9.66. The van der Waals surface area contributed by atoms with E-state index in [9.17, 15) is 10.2 Å². The van der Waals surface area contributed by atoms with Gasteiger partial charge in [-0.25, -0.2) is 0 Å². The van der Waals surface area contributed by atoms with E-state index in [0.29, 0.717) is 24.6 Å². The summed E-state index contributed by atoms with van der Waals surface area (Å²) in [5.74, 6) is 0.687. The summed E-state index contributed by atoms with van der Waals surface area (Å²) in [4.78, 5) is 0. The number of phenols is 2. The smallest absolute Gasteiger partial charge is 0.120 e. The van der Waals surface area contributed by atoms with Gasteiger partial charge in [-0.2, -0.15) is 0 Å². The Morgan fingerprint density at radius 3 is 1.62 bits per heavy atom. The van der Waals surface area contributed by atoms with Crippen LogP contribution in [0.25, 0.3) is 0 Å². The molecule has 130 valence electrons. The summed E-state index contributed by atoms with van der Waals surface area (Å²) in [6.07, 6.45) is 1.03. The average molecular weight is 329 g/mol. The quantitative estimate of drug-likeness (QED) is 0.408. The van der Waals surface area contributed by atoms with E-state index < -0.39 is 0 Å². The van der Waals surface area contributed by atoms with Crippen LogP contribution in [0.4, 0.5) is 0 Å². The fourth-order valence-corrected chi connectivity index (χ4v) is 2.41. The summed E-state index contributed by atoms with van der Waals surface area (Å²) in [6.45, 7) is 4.98. The first-order valence-electron chi connectivity index (χ1n) is 8.43. The molecule has 0 saturated heterocycles. The maximum Gasteiger partial charge on any atom is 0.120 e. The van der Waals surface area contributed by atoms with Crippen molar-refractivity contribution in [2.45, 2.75) is 19.5 Å². The molecular weight excluding hydrogens is 302 g/mol. The minimum Gasteiger partial charge on any atom is -0.508 e. The Morgan fingerprint density at radius 1 is 0.583 bits per heavy atom. The molecule has 0 amide bonds. The van der Waals surface area contributed by atoms with E-state index in [2.05, 4.69) is 16.0 Å². The first-order valence-corrected chi connectivity index (χ1v) is 8.43. The van der Waals surface area contributed by atoms with E-state index in [1.54, 1.807) is 12.1 Å². The molecule has 5 nitrogen and oxygen atoms in total. The van der Waals surface area contributed by atoms with Crippen LogP contribution in [0.2, 0.25) is 0 Å². The highest BCUT2D eigenvalue weighted by Gasteiger charge is 1.99. The molecule has 2 aromatic carbocycles. The Morgan fingerprint density at radius 2 is 1.04 bits per heavy atom. The summed E-state index contributed by atoms with van der Waals surface area (Å²) < 4.78 is 0. The maximum absolute atomic E-state index is 9.66. The fourth-order valence-electron chi connectivity index (χ4n) is 2.41. The predicted octanol–water partition coefficient (Wildman–Crippen LogP) is 1.96. The summed E-state index contributed by atoms with van der Waals surface area (Å²) in [5, 5.41) is 29.3. The van der Waals surface area contributed by atoms with Gasteiger partial charge in [0.15, 0.2) is 0 Å². The lowest BCUT2D eigenvalue weighted by atomic mass is 10.2. The van der Waals surface area contributed by atoms with Crippen molar-refractivity contribution in [2.75, 3.05) is 26.2 Å². The first-order chi connectivity index (χ1) is 11.8. The Bertz CT molecular complexity index is 551. The number of hydrogen-bond acceptors (Lipinski definition) is 5. The normalized spacial score (nSPS) is 10.8. The molecule has 0 heterocycles. The highest BCUT2D eigenvalue weighted by atomic mass is 16.3. The van der Waals surface area contributed by atoms with Crippen molar-refractivity contribution in [1.82, 2.24) is 16.0 Å². The lowest BCUT2D eigenvalue weighted by Gasteiger charge is -2.09. The SMILES string of the molecule is Oc1ccccc1CNCCCNCCNCc1ccccc1O. The number of rotatable bonds is 11. The van der Waals surface area contributed by atoms with Gasteiger partial charge in [-0.05, 0) is 31.6 Å². The van der Waals surface area contributed by atoms with Gasteiger partial charge in [0.25, 0.3) is 0 Å². The van der Waals surface area contributed by atoms with E-state index in [1.165, 1.54) is 0 Å². The lowest BCUT2D eigenvalue weighted by Crippen LogP contribution is -2.29. The highest BCUT2D eigenvalue weighted by Crippen LogP contribution is 2.15. The van der Waals surface area contributed by atoms with Gasteiger partial charge in [0, 0.05) is 37.3 Å². The molecule has 0 bridgehead atoms. The minimum atomic E-state index is 0.341. The van der Waals surface area contributed by atoms with Crippen LogP contribution in [0, 0.1) is 0 Å². The van der Waals surface area contributed by atoms with Gasteiger partial charge in [0.1, 0.15) is 11.5 Å². The van der Waals surface area contributed by atoms with Crippen LogP contribution in [0.15, 0.2) is 48.5 Å². The van der Waals surface area contributed by atoms with Crippen LogP contribution in [0.5, 0.6) is 11.5 Å². The van der Waals surface area contributed by atoms with E-state index in [1.807, 2.05) is 36.4 Å². The molecule has 2 aromatic rings. The molecule has 2 rings (SSSR count). The largest absolute Gasteiger partial charge is 0.508 e. The van der Waals surface area contributed by atoms with E-state index in [0.717, 1.165) is 43.7 Å². The van der Waals surface area contributed by atoms with Crippen molar-refractivity contribution < 1.29 is 10.2 Å². The molecule has 5 heteroatoms. The molecule has 0 aliphatic rings. The van der Waals surface area contributed by atoms with Gasteiger partial charge in [-0.3, -0.25) is 0 Å². The first kappa shape index (κ1) is 18.3. The number of para-hydroxylation sites is 2. The molecule has 24 heavy (non-hydrogen) atoms. The standard InChI is InChI=1S/C19H27N3O2/c23-18-8-3-1-6-16(18)14-21-11-5-10-20-12-13-22-15-17-7-2-4-9-19(17)24/h1-4,6-9,20-24H,5,10-15H2. The summed E-state index contributed by atoms with van der Waals surface area (Å²) in [5.41, 5.74) is 1.85. The van der Waals surface area contributed by atoms with Crippen LogP contribution < -0.4 is 16.0 Å². The molecular formula is C19H27N3O2. The molecule has 0 aromatic heterocycles. The third kappa shape index (κ3) is 6.58. The van der Waals surface area contributed by atoms with Gasteiger partial charge in [-0.15, -0.1) is 0 Å². The predicted molar refractivity (Wildman–Crippen MR) is 97.1 cm³/mol. The summed E-state index contributed by atoms with van der Waals surface area (Å²) in [6, 6.07) is 14.8. The fraction of sp³-hybridized carbons (Fsp3) is 0.368. The van der Waals surface area contributed by atoms with E-state index in [-0.39, 0.29) is 0 Å². The van der Waals surface area contributed by atoms with Crippen molar-refractivity contribution in [3.05, 3.63) is 59.7 Å². The Balaban J connectivity index is 1.43. The third-order valence-electron chi connectivity index (χ3n) is 3.80. The summed E-state index contributed by atoms with van der Waals surface area (Å²) in [7, 11) is 0. The highest BCUT2D eigenvalue weighted by molar-refractivity contribution is 5.32. The minimum absolute atomic E-state index is 0.341. The molecule has 0 unspecified atom stereocenters. The zero-order valence-electron chi connectivity index (χ0n) is 14.0. The van der Waals surface area contributed by atoms with Crippen LogP contribution in [-0.4, -0.2) is 36.4 Å². The van der Waals surface area contributed by atoms with Gasteiger partial charge in [0.2, 0.25) is 0 Å². The van der Waals surface area contributed by atoms with E-state index >= 15 is 0 Å². The Kier molecular flexibility index (Phi) is 8.10. The Labute approximate surface area is 143 Å². The summed E-state index contributed by atoms with van der Waals surface area (Å²) >= 11 is 0. The number of benzene rings is 2. The number of aromatic hydroxyl groups is 2. The molecule has 0 spiro atoms. The molecule has 5 N–H and O–H groups in total. The second kappa shape index (κ2) is 10.6. The third-order valence-corrected chi connectivity index (χ3v) is 3.80. The van der Waals surface area contributed by atoms with Crippen molar-refractivity contribution in [2.24, 2.45) is 0 Å². The molecule has 0 radical (unpaired) electrons. The van der Waals surface area contributed by atoms with Gasteiger partial charge in [-0.1, -0.05) is 36.4 Å². The topological polar surface area (TPSA) is 76.5 Å². The average Bonchev–Trinajstić information content (AvgIpc) is 2.59. The van der Waals surface area contributed by atoms with Crippen molar-refractivity contribution in [3.63, 3.8) is 0 Å². The monoisotopic (exact) mass is 329 g/mol. The molecule has 0 aliphatic carbocycles. The molecule has 0 saturated carbocycles. The lowest BCUT2D eigenvalue weighted by molar-refractivity contribution is 0.462. The second-order valence-corrected chi connectivity index (χ2v) is 5.71. The number of hydrogen-bond donors (Lipinski definition) is 5. The number of phenolic OH excluding ortho intramolecular Hbond substituents is 2. The van der Waals surface area contributed by atoms with Crippen molar-refractivity contribution in [3.8, 4) is 11.5 Å². The zero-order chi connectivity index (χ0) is 17.0. The number of nitrogens with one attached hydrogen (secondary N) is 3. The molecule has 0 aliphatic heterocycles. The van der Waals surface area contributed by atoms with Crippen LogP contribution in [0.1, 0.15) is 17.5 Å². The van der Waals surface area contributed by atoms with Crippen molar-refractivity contribution >= 4 is 0 Å².